The first-order valence-electron chi connectivity index (χ1n) is 9.68. The lowest BCUT2D eigenvalue weighted by molar-refractivity contribution is -0.170. The number of ketones is 1. The van der Waals surface area contributed by atoms with E-state index < -0.39 is 16.8 Å². The van der Waals surface area contributed by atoms with Gasteiger partial charge in [0.1, 0.15) is 5.41 Å². The molecule has 4 aliphatic rings. The van der Waals surface area contributed by atoms with Crippen molar-refractivity contribution >= 4 is 17.7 Å². The Morgan fingerprint density at radius 2 is 2.00 bits per heavy atom. The number of Topliss-reactive ketones (excluding diaryl/α,β-unsaturated/α-hetero) is 1. The molecule has 6 unspecified atom stereocenters. The van der Waals surface area contributed by atoms with Gasteiger partial charge in [0.05, 0.1) is 19.6 Å². The Labute approximate surface area is 154 Å². The normalized spacial score (nSPS) is 46.0. The maximum atomic E-state index is 13.3. The van der Waals surface area contributed by atoms with Crippen LogP contribution < -0.4 is 0 Å². The molecule has 4 rings (SSSR count). The van der Waals surface area contributed by atoms with Crippen LogP contribution in [0.25, 0.3) is 0 Å². The van der Waals surface area contributed by atoms with E-state index >= 15 is 0 Å². The molecular weight excluding hydrogens is 332 g/mol. The molecule has 1 aliphatic heterocycles. The van der Waals surface area contributed by atoms with Gasteiger partial charge >= 0.3 is 11.9 Å². The molecule has 5 nitrogen and oxygen atoms in total. The van der Waals surface area contributed by atoms with Crippen LogP contribution in [0, 0.1) is 39.9 Å². The summed E-state index contributed by atoms with van der Waals surface area (Å²) < 4.78 is 10.7. The van der Waals surface area contributed by atoms with Crippen molar-refractivity contribution in [1.29, 1.82) is 0 Å². The van der Waals surface area contributed by atoms with E-state index in [2.05, 4.69) is 12.2 Å². The highest BCUT2D eigenvalue weighted by atomic mass is 16.5. The molecule has 3 fully saturated rings. The molecule has 0 aromatic rings. The van der Waals surface area contributed by atoms with Gasteiger partial charge in [-0.3, -0.25) is 14.4 Å². The lowest BCUT2D eigenvalue weighted by Crippen LogP contribution is -2.57. The van der Waals surface area contributed by atoms with Gasteiger partial charge in [-0.2, -0.15) is 0 Å². The molecule has 0 aromatic carbocycles. The third-order valence-electron chi connectivity index (χ3n) is 7.89. The molecule has 1 heterocycles. The van der Waals surface area contributed by atoms with Gasteiger partial charge in [-0.1, -0.05) is 32.9 Å². The predicted octanol–water partition coefficient (Wildman–Crippen LogP) is 2.93. The minimum atomic E-state index is -1.12. The Bertz CT molecular complexity index is 707. The zero-order chi connectivity index (χ0) is 18.9. The van der Waals surface area contributed by atoms with Crippen LogP contribution in [0.4, 0.5) is 0 Å². The fraction of sp³-hybridized carbons (Fsp3) is 0.762. The van der Waals surface area contributed by atoms with Crippen LogP contribution >= 0.6 is 0 Å². The van der Waals surface area contributed by atoms with Crippen LogP contribution in [-0.4, -0.2) is 31.4 Å². The number of methoxy groups -OCH3 is 1. The monoisotopic (exact) mass is 360 g/mol. The van der Waals surface area contributed by atoms with Crippen LogP contribution in [0.1, 0.15) is 46.5 Å². The number of carbonyl (C=O) groups is 3. The highest BCUT2D eigenvalue weighted by Crippen LogP contribution is 2.66. The quantitative estimate of drug-likeness (QED) is 0.430. The van der Waals surface area contributed by atoms with E-state index in [9.17, 15) is 14.4 Å². The highest BCUT2D eigenvalue weighted by molar-refractivity contribution is 6.07. The second-order valence-electron chi connectivity index (χ2n) is 9.41. The zero-order valence-electron chi connectivity index (χ0n) is 16.0. The third-order valence-corrected chi connectivity index (χ3v) is 7.89. The number of rotatable bonds is 2. The number of ether oxygens (including phenoxy) is 2. The molecule has 142 valence electrons. The number of allylic oxidation sites excluding steroid dienone is 2. The fourth-order valence-corrected chi connectivity index (χ4v) is 6.84. The molecule has 0 spiro atoms. The molecule has 6 atom stereocenters. The fourth-order valence-electron chi connectivity index (χ4n) is 6.84. The summed E-state index contributed by atoms with van der Waals surface area (Å²) in [4.78, 5) is 39.1. The van der Waals surface area contributed by atoms with E-state index in [1.165, 1.54) is 7.11 Å². The standard InChI is InChI=1S/C21H28O5/c1-12-13-6-7-14(21(10-13,16(12)22)18(24)25-4)20-9-5-8-19(2,3)15(20)17(23)26-11-20/h5,8,12-15H,6-7,9-11H2,1-4H3. The van der Waals surface area contributed by atoms with Crippen LogP contribution in [-0.2, 0) is 23.9 Å². The average molecular weight is 360 g/mol. The maximum Gasteiger partial charge on any atom is 0.319 e. The second kappa shape index (κ2) is 5.43. The van der Waals surface area contributed by atoms with Crippen LogP contribution in [0.15, 0.2) is 12.2 Å². The van der Waals surface area contributed by atoms with E-state index in [1.54, 1.807) is 0 Å². The first kappa shape index (κ1) is 17.7. The number of hydrogen-bond acceptors (Lipinski definition) is 5. The second-order valence-corrected chi connectivity index (χ2v) is 9.41. The lowest BCUT2D eigenvalue weighted by Gasteiger charge is -2.52. The summed E-state index contributed by atoms with van der Waals surface area (Å²) in [6, 6.07) is 0. The van der Waals surface area contributed by atoms with Crippen molar-refractivity contribution < 1.29 is 23.9 Å². The maximum absolute atomic E-state index is 13.3. The van der Waals surface area contributed by atoms with E-state index in [1.807, 2.05) is 20.8 Å². The predicted molar refractivity (Wildman–Crippen MR) is 93.9 cm³/mol. The number of carbonyl (C=O) groups excluding carboxylic acids is 3. The minimum absolute atomic E-state index is 0.0108. The Morgan fingerprint density at radius 3 is 2.69 bits per heavy atom. The van der Waals surface area contributed by atoms with Gasteiger partial charge in [0.25, 0.3) is 0 Å². The first-order valence-corrected chi connectivity index (χ1v) is 9.68. The molecule has 0 aromatic heterocycles. The molecule has 0 radical (unpaired) electrons. The molecule has 1 saturated heterocycles. The molecular formula is C21H28O5. The van der Waals surface area contributed by atoms with Gasteiger partial charge in [-0.05, 0) is 42.9 Å². The molecule has 2 saturated carbocycles. The van der Waals surface area contributed by atoms with Crippen LogP contribution in [0.5, 0.6) is 0 Å². The van der Waals surface area contributed by atoms with Gasteiger partial charge in [0, 0.05) is 11.3 Å². The van der Waals surface area contributed by atoms with Gasteiger partial charge in [0.2, 0.25) is 0 Å². The van der Waals surface area contributed by atoms with Crippen molar-refractivity contribution in [2.75, 3.05) is 13.7 Å². The summed E-state index contributed by atoms with van der Waals surface area (Å²) in [6.45, 7) is 6.32. The van der Waals surface area contributed by atoms with Gasteiger partial charge in [-0.25, -0.2) is 0 Å². The summed E-state index contributed by atoms with van der Waals surface area (Å²) in [7, 11) is 1.37. The number of fused-ring (bicyclic) bond motifs is 3. The van der Waals surface area contributed by atoms with Crippen molar-refractivity contribution in [3.8, 4) is 0 Å². The third kappa shape index (κ3) is 1.95. The Kier molecular flexibility index (Phi) is 3.71. The van der Waals surface area contributed by atoms with E-state index in [0.29, 0.717) is 19.4 Å². The van der Waals surface area contributed by atoms with Gasteiger partial charge in [0.15, 0.2) is 5.78 Å². The summed E-state index contributed by atoms with van der Waals surface area (Å²) in [6.07, 6.45) is 7.10. The lowest BCUT2D eigenvalue weighted by atomic mass is 9.48. The van der Waals surface area contributed by atoms with Gasteiger partial charge < -0.3 is 9.47 Å². The topological polar surface area (TPSA) is 69.7 Å². The van der Waals surface area contributed by atoms with Crippen LogP contribution in [0.3, 0.4) is 0 Å². The Morgan fingerprint density at radius 1 is 1.27 bits per heavy atom. The average Bonchev–Trinajstić information content (AvgIpc) is 3.05. The molecule has 26 heavy (non-hydrogen) atoms. The SMILES string of the molecule is COC(=O)C12CC(CCC1C13CC=CC(C)(C)C1C(=O)OC3)C(C)C2=O. The Balaban J connectivity index is 1.88. The van der Waals surface area contributed by atoms with E-state index in [4.69, 9.17) is 9.47 Å². The molecule has 2 bridgehead atoms. The number of esters is 2. The first-order chi connectivity index (χ1) is 12.2. The molecule has 5 heteroatoms. The number of hydrogen-bond donors (Lipinski definition) is 0. The summed E-state index contributed by atoms with van der Waals surface area (Å²) in [5.74, 6) is -1.03. The van der Waals surface area contributed by atoms with Crippen molar-refractivity contribution in [3.63, 3.8) is 0 Å². The van der Waals surface area contributed by atoms with Gasteiger partial charge in [-0.15, -0.1) is 0 Å². The largest absolute Gasteiger partial charge is 0.468 e. The van der Waals surface area contributed by atoms with Crippen molar-refractivity contribution in [3.05, 3.63) is 12.2 Å². The molecule has 3 aliphatic carbocycles. The zero-order valence-corrected chi connectivity index (χ0v) is 16.0. The smallest absolute Gasteiger partial charge is 0.319 e. The van der Waals surface area contributed by atoms with Crippen molar-refractivity contribution in [1.82, 2.24) is 0 Å². The van der Waals surface area contributed by atoms with E-state index in [-0.39, 0.29) is 40.8 Å². The van der Waals surface area contributed by atoms with Crippen LogP contribution in [0.2, 0.25) is 0 Å². The minimum Gasteiger partial charge on any atom is -0.468 e. The summed E-state index contributed by atoms with van der Waals surface area (Å²) >= 11 is 0. The molecule has 0 amide bonds. The van der Waals surface area contributed by atoms with Crippen molar-refractivity contribution in [2.24, 2.45) is 39.9 Å². The summed E-state index contributed by atoms with van der Waals surface area (Å²) in [5, 5.41) is 0. The number of cyclic esters (lactones) is 1. The van der Waals surface area contributed by atoms with E-state index in [0.717, 1.165) is 12.8 Å². The summed E-state index contributed by atoms with van der Waals surface area (Å²) in [5.41, 5.74) is -1.98. The Hall–Kier alpha value is -1.65. The molecule has 0 N–H and O–H groups in total. The van der Waals surface area contributed by atoms with Crippen molar-refractivity contribution in [2.45, 2.75) is 46.5 Å². The highest BCUT2D eigenvalue weighted by Gasteiger charge is 2.72.